The number of rotatable bonds is 7. The molecule has 0 aliphatic heterocycles. The lowest BCUT2D eigenvalue weighted by atomic mass is 9.98. The van der Waals surface area contributed by atoms with E-state index in [1.807, 2.05) is 0 Å². The minimum absolute atomic E-state index is 0.111. The molecule has 1 rings (SSSR count). The van der Waals surface area contributed by atoms with Crippen molar-refractivity contribution in [2.75, 3.05) is 13.1 Å². The molecule has 0 bridgehead atoms. The SMILES string of the molecule is CC(C)C(C)CNC(=O)NCCn1cc(C(=O)O)nn1. The summed E-state index contributed by atoms with van der Waals surface area (Å²) in [4.78, 5) is 22.1. The van der Waals surface area contributed by atoms with Crippen molar-refractivity contribution < 1.29 is 14.7 Å². The van der Waals surface area contributed by atoms with Crippen LogP contribution in [0.2, 0.25) is 0 Å². The molecule has 1 heterocycles. The fourth-order valence-corrected chi connectivity index (χ4v) is 1.34. The first-order valence-corrected chi connectivity index (χ1v) is 6.55. The molecule has 1 unspecified atom stereocenters. The van der Waals surface area contributed by atoms with Crippen molar-refractivity contribution in [2.45, 2.75) is 27.3 Å². The van der Waals surface area contributed by atoms with Crippen LogP contribution in [0.1, 0.15) is 31.3 Å². The smallest absolute Gasteiger partial charge is 0.358 e. The summed E-state index contributed by atoms with van der Waals surface area (Å²) >= 11 is 0. The summed E-state index contributed by atoms with van der Waals surface area (Å²) in [7, 11) is 0. The van der Waals surface area contributed by atoms with E-state index in [0.717, 1.165) is 0 Å². The number of urea groups is 1. The zero-order chi connectivity index (χ0) is 15.1. The Hall–Kier alpha value is -2.12. The van der Waals surface area contributed by atoms with Gasteiger partial charge in [0.2, 0.25) is 0 Å². The van der Waals surface area contributed by atoms with Crippen LogP contribution < -0.4 is 10.6 Å². The van der Waals surface area contributed by atoms with Gasteiger partial charge < -0.3 is 15.7 Å². The molecular weight excluding hydrogens is 262 g/mol. The van der Waals surface area contributed by atoms with Gasteiger partial charge in [-0.15, -0.1) is 5.10 Å². The van der Waals surface area contributed by atoms with Crippen LogP contribution in [0.4, 0.5) is 4.79 Å². The maximum atomic E-state index is 11.5. The van der Waals surface area contributed by atoms with Gasteiger partial charge in [0.1, 0.15) is 0 Å². The number of carboxylic acids is 1. The average Bonchev–Trinajstić information content (AvgIpc) is 2.84. The van der Waals surface area contributed by atoms with Gasteiger partial charge in [-0.2, -0.15) is 0 Å². The van der Waals surface area contributed by atoms with Crippen LogP contribution in [0, 0.1) is 11.8 Å². The number of aromatic carboxylic acids is 1. The number of hydrogen-bond acceptors (Lipinski definition) is 4. The molecule has 0 saturated carbocycles. The monoisotopic (exact) mass is 283 g/mol. The summed E-state index contributed by atoms with van der Waals surface area (Å²) in [6.07, 6.45) is 1.32. The average molecular weight is 283 g/mol. The fraction of sp³-hybridized carbons (Fsp3) is 0.667. The van der Waals surface area contributed by atoms with E-state index in [1.165, 1.54) is 10.9 Å². The summed E-state index contributed by atoms with van der Waals surface area (Å²) in [6.45, 7) is 7.63. The summed E-state index contributed by atoms with van der Waals surface area (Å²) in [5.41, 5.74) is -0.111. The molecule has 0 fully saturated rings. The van der Waals surface area contributed by atoms with E-state index in [2.05, 4.69) is 41.7 Å². The number of hydrogen-bond donors (Lipinski definition) is 3. The number of aromatic nitrogens is 3. The van der Waals surface area contributed by atoms with E-state index in [1.54, 1.807) is 0 Å². The van der Waals surface area contributed by atoms with Gasteiger partial charge in [0.15, 0.2) is 5.69 Å². The van der Waals surface area contributed by atoms with Crippen molar-refractivity contribution in [2.24, 2.45) is 11.8 Å². The molecule has 2 amide bonds. The maximum absolute atomic E-state index is 11.5. The van der Waals surface area contributed by atoms with Gasteiger partial charge in [0.25, 0.3) is 0 Å². The van der Waals surface area contributed by atoms with Crippen molar-refractivity contribution in [3.63, 3.8) is 0 Å². The Bertz CT molecular complexity index is 458. The van der Waals surface area contributed by atoms with E-state index in [4.69, 9.17) is 5.11 Å². The van der Waals surface area contributed by atoms with Gasteiger partial charge in [0, 0.05) is 13.1 Å². The molecule has 1 aromatic heterocycles. The predicted molar refractivity (Wildman–Crippen MR) is 72.4 cm³/mol. The Balaban J connectivity index is 2.23. The summed E-state index contributed by atoms with van der Waals surface area (Å²) < 4.78 is 1.38. The van der Waals surface area contributed by atoms with Gasteiger partial charge in [-0.25, -0.2) is 14.3 Å². The van der Waals surface area contributed by atoms with E-state index >= 15 is 0 Å². The van der Waals surface area contributed by atoms with Crippen molar-refractivity contribution in [3.05, 3.63) is 11.9 Å². The molecule has 0 aliphatic rings. The molecule has 20 heavy (non-hydrogen) atoms. The molecule has 3 N–H and O–H groups in total. The second-order valence-corrected chi connectivity index (χ2v) is 5.03. The summed E-state index contributed by atoms with van der Waals surface area (Å²) in [5, 5.41) is 21.3. The molecule has 0 aliphatic carbocycles. The van der Waals surface area contributed by atoms with Crippen molar-refractivity contribution in [1.29, 1.82) is 0 Å². The predicted octanol–water partition coefficient (Wildman–Crippen LogP) is 0.568. The largest absolute Gasteiger partial charge is 0.476 e. The highest BCUT2D eigenvalue weighted by Gasteiger charge is 2.09. The summed E-state index contributed by atoms with van der Waals surface area (Å²) in [5.74, 6) is -0.196. The summed E-state index contributed by atoms with van der Waals surface area (Å²) in [6, 6.07) is -0.240. The highest BCUT2D eigenvalue weighted by Crippen LogP contribution is 2.07. The van der Waals surface area contributed by atoms with Crippen LogP contribution in [0.25, 0.3) is 0 Å². The van der Waals surface area contributed by atoms with Crippen LogP contribution in [0.15, 0.2) is 6.20 Å². The molecule has 0 radical (unpaired) electrons. The normalized spacial score (nSPS) is 12.2. The zero-order valence-corrected chi connectivity index (χ0v) is 12.0. The van der Waals surface area contributed by atoms with Gasteiger partial charge in [-0.3, -0.25) is 0 Å². The third-order valence-electron chi connectivity index (χ3n) is 3.11. The molecule has 0 aromatic carbocycles. The first kappa shape index (κ1) is 15.9. The minimum atomic E-state index is -1.12. The molecular formula is C12H21N5O3. The van der Waals surface area contributed by atoms with E-state index in [0.29, 0.717) is 31.5 Å². The van der Waals surface area contributed by atoms with Crippen molar-refractivity contribution in [3.8, 4) is 0 Å². The van der Waals surface area contributed by atoms with Crippen LogP contribution in [-0.2, 0) is 6.54 Å². The highest BCUT2D eigenvalue weighted by atomic mass is 16.4. The lowest BCUT2D eigenvalue weighted by molar-refractivity contribution is 0.0690. The topological polar surface area (TPSA) is 109 Å². The number of carboxylic acid groups (broad SMARTS) is 1. The Morgan fingerprint density at radius 3 is 2.60 bits per heavy atom. The van der Waals surface area contributed by atoms with Gasteiger partial charge in [-0.05, 0) is 11.8 Å². The molecule has 1 atom stereocenters. The second-order valence-electron chi connectivity index (χ2n) is 5.03. The number of nitrogens with zero attached hydrogens (tertiary/aromatic N) is 3. The Morgan fingerprint density at radius 1 is 1.35 bits per heavy atom. The van der Waals surface area contributed by atoms with Crippen LogP contribution >= 0.6 is 0 Å². The second kappa shape index (κ2) is 7.46. The first-order chi connectivity index (χ1) is 9.40. The standard InChI is InChI=1S/C12H21N5O3/c1-8(2)9(3)6-14-12(20)13-4-5-17-7-10(11(18)19)15-16-17/h7-9H,4-6H2,1-3H3,(H,18,19)(H2,13,14,20). The third kappa shape index (κ3) is 5.25. The number of nitrogens with one attached hydrogen (secondary N) is 2. The van der Waals surface area contributed by atoms with Gasteiger partial charge >= 0.3 is 12.0 Å². The molecule has 112 valence electrons. The van der Waals surface area contributed by atoms with Gasteiger partial charge in [-0.1, -0.05) is 26.0 Å². The van der Waals surface area contributed by atoms with Crippen molar-refractivity contribution >= 4 is 12.0 Å². The number of amides is 2. The maximum Gasteiger partial charge on any atom is 0.358 e. The number of carbonyl (C=O) groups is 2. The first-order valence-electron chi connectivity index (χ1n) is 6.55. The Labute approximate surface area is 117 Å². The Morgan fingerprint density at radius 2 is 2.05 bits per heavy atom. The highest BCUT2D eigenvalue weighted by molar-refractivity contribution is 5.84. The molecule has 8 nitrogen and oxygen atoms in total. The minimum Gasteiger partial charge on any atom is -0.476 e. The van der Waals surface area contributed by atoms with Crippen LogP contribution in [-0.4, -0.2) is 45.2 Å². The number of carbonyl (C=O) groups excluding carboxylic acids is 1. The van der Waals surface area contributed by atoms with Gasteiger partial charge in [0.05, 0.1) is 12.7 Å². The molecule has 0 saturated heterocycles. The molecule has 0 spiro atoms. The lowest BCUT2D eigenvalue weighted by Gasteiger charge is -2.16. The van der Waals surface area contributed by atoms with Crippen LogP contribution in [0.3, 0.4) is 0 Å². The van der Waals surface area contributed by atoms with Crippen molar-refractivity contribution in [1.82, 2.24) is 25.6 Å². The molecule has 8 heteroatoms. The zero-order valence-electron chi connectivity index (χ0n) is 12.0. The Kier molecular flexibility index (Phi) is 5.95. The quantitative estimate of drug-likeness (QED) is 0.677. The fourth-order valence-electron chi connectivity index (χ4n) is 1.34. The van der Waals surface area contributed by atoms with E-state index in [9.17, 15) is 9.59 Å². The molecule has 1 aromatic rings. The van der Waals surface area contributed by atoms with Crippen LogP contribution in [0.5, 0.6) is 0 Å². The lowest BCUT2D eigenvalue weighted by Crippen LogP contribution is -2.39. The van der Waals surface area contributed by atoms with E-state index in [-0.39, 0.29) is 11.7 Å². The van der Waals surface area contributed by atoms with E-state index < -0.39 is 5.97 Å². The third-order valence-corrected chi connectivity index (χ3v) is 3.11.